The highest BCUT2D eigenvalue weighted by Crippen LogP contribution is 2.40. The Morgan fingerprint density at radius 2 is 1.88 bits per heavy atom. The second kappa shape index (κ2) is 6.62. The van der Waals surface area contributed by atoms with E-state index in [4.69, 9.17) is 11.6 Å². The number of halogens is 2. The largest absolute Gasteiger partial charge is 0.365 e. The van der Waals surface area contributed by atoms with Crippen molar-refractivity contribution in [3.8, 4) is 0 Å². The zero-order valence-electron chi connectivity index (χ0n) is 15.2. The van der Waals surface area contributed by atoms with Gasteiger partial charge in [0.05, 0.1) is 16.2 Å². The molecule has 0 spiro atoms. The average molecular weight is 418 g/mol. The van der Waals surface area contributed by atoms with Crippen LogP contribution in [0.1, 0.15) is 37.5 Å². The highest BCUT2D eigenvalue weighted by Gasteiger charge is 2.29. The maximum atomic E-state index is 6.55. The molecule has 1 heterocycles. The van der Waals surface area contributed by atoms with Crippen molar-refractivity contribution in [3.63, 3.8) is 0 Å². The van der Waals surface area contributed by atoms with Crippen molar-refractivity contribution < 1.29 is 0 Å². The summed E-state index contributed by atoms with van der Waals surface area (Å²) in [7, 11) is 2.11. The second-order valence-electron chi connectivity index (χ2n) is 7.12. The topological polar surface area (TPSA) is 15.6 Å². The summed E-state index contributed by atoms with van der Waals surface area (Å²) in [6.45, 7) is 8.62. The summed E-state index contributed by atoms with van der Waals surface area (Å²) in [6, 6.07) is 10.2. The molecule has 2 aromatic rings. The molecule has 2 aromatic carbocycles. The molecule has 0 atom stereocenters. The average Bonchev–Trinajstić information content (AvgIpc) is 2.54. The van der Waals surface area contributed by atoms with Gasteiger partial charge in [-0.3, -0.25) is 4.99 Å². The molecule has 1 aliphatic rings. The van der Waals surface area contributed by atoms with E-state index in [0.717, 1.165) is 27.0 Å². The molecule has 0 unspecified atom stereocenters. The third-order valence-electron chi connectivity index (χ3n) is 4.83. The first-order valence-corrected chi connectivity index (χ1v) is 9.43. The van der Waals surface area contributed by atoms with Gasteiger partial charge in [-0.15, -0.1) is 0 Å². The van der Waals surface area contributed by atoms with Crippen LogP contribution in [0.3, 0.4) is 0 Å². The van der Waals surface area contributed by atoms with Crippen molar-refractivity contribution in [2.45, 2.75) is 33.2 Å². The molecule has 25 heavy (non-hydrogen) atoms. The Hall–Kier alpha value is -1.58. The van der Waals surface area contributed by atoms with Crippen molar-refractivity contribution in [1.29, 1.82) is 0 Å². The lowest BCUT2D eigenvalue weighted by molar-refractivity contribution is 0.598. The summed E-state index contributed by atoms with van der Waals surface area (Å²) < 4.78 is 1.09. The van der Waals surface area contributed by atoms with Crippen LogP contribution < -0.4 is 4.90 Å². The van der Waals surface area contributed by atoms with Gasteiger partial charge in [-0.05, 0) is 69.2 Å². The van der Waals surface area contributed by atoms with Gasteiger partial charge < -0.3 is 4.90 Å². The molecular weight excluding hydrogens is 396 g/mol. The van der Waals surface area contributed by atoms with Crippen molar-refractivity contribution >= 4 is 50.7 Å². The van der Waals surface area contributed by atoms with Gasteiger partial charge in [-0.25, -0.2) is 0 Å². The van der Waals surface area contributed by atoms with Crippen LogP contribution in [-0.4, -0.2) is 18.8 Å². The molecule has 0 bridgehead atoms. The van der Waals surface area contributed by atoms with Gasteiger partial charge in [-0.2, -0.15) is 0 Å². The third-order valence-corrected chi connectivity index (χ3v) is 6.05. The standard InChI is InChI=1S/C21H22BrClN2/c1-13-8-16(6-7-18(13)22)24-12-15-9-17-14(2)11-21(3,4)25(5)20(17)10-19(15)23/h6-12H,1-5H3. The van der Waals surface area contributed by atoms with Crippen LogP contribution in [0.25, 0.3) is 5.57 Å². The van der Waals surface area contributed by atoms with E-state index in [9.17, 15) is 0 Å². The van der Waals surface area contributed by atoms with E-state index < -0.39 is 0 Å². The molecule has 0 amide bonds. The van der Waals surface area contributed by atoms with E-state index in [2.05, 4.69) is 72.7 Å². The number of likely N-dealkylation sites (N-methyl/N-ethyl adjacent to an activating group) is 1. The SMILES string of the molecule is CC1=CC(C)(C)N(C)c2cc(Cl)c(C=Nc3ccc(Br)c(C)c3)cc21. The van der Waals surface area contributed by atoms with Crippen molar-refractivity contribution in [1.82, 2.24) is 0 Å². The maximum Gasteiger partial charge on any atom is 0.0633 e. The lowest BCUT2D eigenvalue weighted by Gasteiger charge is -2.40. The number of fused-ring (bicyclic) bond motifs is 1. The number of aliphatic imine (C=N–C) groups is 1. The van der Waals surface area contributed by atoms with Crippen LogP contribution in [0.2, 0.25) is 5.02 Å². The van der Waals surface area contributed by atoms with Crippen LogP contribution >= 0.6 is 27.5 Å². The summed E-state index contributed by atoms with van der Waals surface area (Å²) in [5.41, 5.74) is 6.62. The van der Waals surface area contributed by atoms with Crippen molar-refractivity contribution in [3.05, 3.63) is 62.6 Å². The molecule has 4 heteroatoms. The fourth-order valence-electron chi connectivity index (χ4n) is 3.14. The number of allylic oxidation sites excluding steroid dienone is 1. The molecule has 0 N–H and O–H groups in total. The van der Waals surface area contributed by atoms with Crippen molar-refractivity contribution in [2.24, 2.45) is 4.99 Å². The number of anilines is 1. The first-order valence-electron chi connectivity index (χ1n) is 8.26. The minimum atomic E-state index is -0.0228. The van der Waals surface area contributed by atoms with Gasteiger partial charge in [0.25, 0.3) is 0 Å². The van der Waals surface area contributed by atoms with Crippen LogP contribution in [-0.2, 0) is 0 Å². The Morgan fingerprint density at radius 1 is 1.16 bits per heavy atom. The van der Waals surface area contributed by atoms with E-state index in [0.29, 0.717) is 5.02 Å². The number of aryl methyl sites for hydroxylation is 1. The Morgan fingerprint density at radius 3 is 2.56 bits per heavy atom. The predicted molar refractivity (Wildman–Crippen MR) is 114 cm³/mol. The quantitative estimate of drug-likeness (QED) is 0.491. The van der Waals surface area contributed by atoms with Gasteiger partial charge in [0.1, 0.15) is 0 Å². The van der Waals surface area contributed by atoms with Crippen LogP contribution in [0.15, 0.2) is 45.9 Å². The number of hydrogen-bond acceptors (Lipinski definition) is 2. The van der Waals surface area contributed by atoms with E-state index >= 15 is 0 Å². The Bertz CT molecular complexity index is 897. The molecule has 0 saturated carbocycles. The van der Waals surface area contributed by atoms with E-state index in [-0.39, 0.29) is 5.54 Å². The Kier molecular flexibility index (Phi) is 4.82. The molecule has 0 saturated heterocycles. The minimum absolute atomic E-state index is 0.0228. The van der Waals surface area contributed by atoms with Crippen LogP contribution in [0.5, 0.6) is 0 Å². The first-order chi connectivity index (χ1) is 11.7. The molecule has 0 aliphatic carbocycles. The van der Waals surface area contributed by atoms with Gasteiger partial charge in [0.2, 0.25) is 0 Å². The monoisotopic (exact) mass is 416 g/mol. The number of hydrogen-bond donors (Lipinski definition) is 0. The van der Waals surface area contributed by atoms with E-state index in [1.54, 1.807) is 0 Å². The fourth-order valence-corrected chi connectivity index (χ4v) is 3.59. The van der Waals surface area contributed by atoms with Crippen LogP contribution in [0, 0.1) is 6.92 Å². The fraction of sp³-hybridized carbons (Fsp3) is 0.286. The molecule has 0 radical (unpaired) electrons. The normalized spacial score (nSPS) is 16.1. The highest BCUT2D eigenvalue weighted by molar-refractivity contribution is 9.10. The summed E-state index contributed by atoms with van der Waals surface area (Å²) in [5.74, 6) is 0. The lowest BCUT2D eigenvalue weighted by Crippen LogP contribution is -2.42. The zero-order valence-corrected chi connectivity index (χ0v) is 17.5. The summed E-state index contributed by atoms with van der Waals surface area (Å²) in [4.78, 5) is 6.86. The van der Waals surface area contributed by atoms with Gasteiger partial charge in [0.15, 0.2) is 0 Å². The molecule has 130 valence electrons. The smallest absolute Gasteiger partial charge is 0.0633 e. The van der Waals surface area contributed by atoms with Crippen LogP contribution in [0.4, 0.5) is 11.4 Å². The number of rotatable bonds is 2. The molecule has 0 fully saturated rings. The van der Waals surface area contributed by atoms with Gasteiger partial charge in [0, 0.05) is 34.5 Å². The summed E-state index contributed by atoms with van der Waals surface area (Å²) >= 11 is 10.1. The lowest BCUT2D eigenvalue weighted by atomic mass is 9.88. The minimum Gasteiger partial charge on any atom is -0.365 e. The molecule has 2 nitrogen and oxygen atoms in total. The predicted octanol–water partition coefficient (Wildman–Crippen LogP) is 6.79. The van der Waals surface area contributed by atoms with E-state index in [1.165, 1.54) is 11.1 Å². The molecule has 0 aromatic heterocycles. The maximum absolute atomic E-state index is 6.55. The highest BCUT2D eigenvalue weighted by atomic mass is 79.9. The second-order valence-corrected chi connectivity index (χ2v) is 8.38. The molecular formula is C21H22BrClN2. The third kappa shape index (κ3) is 3.54. The van der Waals surface area contributed by atoms with Crippen molar-refractivity contribution in [2.75, 3.05) is 11.9 Å². The van der Waals surface area contributed by atoms with E-state index in [1.807, 2.05) is 30.5 Å². The van der Waals surface area contributed by atoms with Gasteiger partial charge in [-0.1, -0.05) is 33.6 Å². The first kappa shape index (κ1) is 18.2. The molecule has 1 aliphatic heterocycles. The number of benzene rings is 2. The number of nitrogens with zero attached hydrogens (tertiary/aromatic N) is 2. The Balaban J connectivity index is 2.01. The summed E-state index contributed by atoms with van der Waals surface area (Å²) in [5, 5.41) is 0.716. The van der Waals surface area contributed by atoms with Gasteiger partial charge >= 0.3 is 0 Å². The molecule has 3 rings (SSSR count). The zero-order chi connectivity index (χ0) is 18.4. The Labute approximate surface area is 163 Å². The summed E-state index contributed by atoms with van der Waals surface area (Å²) in [6.07, 6.45) is 4.14.